The molecule has 0 aliphatic carbocycles. The Morgan fingerprint density at radius 1 is 1.40 bits per heavy atom. The lowest BCUT2D eigenvalue weighted by Crippen LogP contribution is -2.25. The maximum absolute atomic E-state index is 10.5. The third-order valence-corrected chi connectivity index (χ3v) is 2.08. The first-order valence-electron chi connectivity index (χ1n) is 3.30. The Labute approximate surface area is 63.3 Å². The van der Waals surface area contributed by atoms with Gasteiger partial charge in [-0.05, 0) is 19.8 Å². The lowest BCUT2D eigenvalue weighted by molar-refractivity contribution is -0.148. The van der Waals surface area contributed by atoms with Gasteiger partial charge < -0.3 is 5.11 Å². The molecule has 0 aliphatic rings. The molecule has 0 rings (SSSR count). The SMILES string of the molecule is C.CCC(C)(CC)C(=O)O. The first-order chi connectivity index (χ1) is 4.06. The highest BCUT2D eigenvalue weighted by molar-refractivity contribution is 5.73. The molecular formula is C8H18O2. The number of carbonyl (C=O) groups is 1. The minimum Gasteiger partial charge on any atom is -0.481 e. The molecule has 0 aliphatic heterocycles. The second kappa shape index (κ2) is 4.31. The van der Waals surface area contributed by atoms with Crippen LogP contribution in [-0.2, 0) is 4.79 Å². The molecule has 0 saturated heterocycles. The Balaban J connectivity index is 0. The molecule has 0 heterocycles. The molecule has 0 saturated carbocycles. The van der Waals surface area contributed by atoms with Gasteiger partial charge in [0.2, 0.25) is 0 Å². The number of aliphatic carboxylic acids is 1. The number of rotatable bonds is 3. The minimum absolute atomic E-state index is 0. The molecule has 0 aromatic carbocycles. The van der Waals surface area contributed by atoms with Crippen molar-refractivity contribution in [1.82, 2.24) is 0 Å². The summed E-state index contributed by atoms with van der Waals surface area (Å²) in [6.45, 7) is 5.57. The topological polar surface area (TPSA) is 37.3 Å². The highest BCUT2D eigenvalue weighted by Gasteiger charge is 2.27. The van der Waals surface area contributed by atoms with Crippen LogP contribution in [0.3, 0.4) is 0 Å². The monoisotopic (exact) mass is 146 g/mol. The van der Waals surface area contributed by atoms with E-state index in [9.17, 15) is 4.79 Å². The molecule has 2 heteroatoms. The third-order valence-electron chi connectivity index (χ3n) is 2.08. The number of carboxylic acids is 1. The highest BCUT2D eigenvalue weighted by atomic mass is 16.4. The van der Waals surface area contributed by atoms with Crippen LogP contribution in [0, 0.1) is 5.41 Å². The van der Waals surface area contributed by atoms with E-state index in [-0.39, 0.29) is 7.43 Å². The Bertz CT molecular complexity index is 104. The van der Waals surface area contributed by atoms with Crippen LogP contribution in [0.4, 0.5) is 0 Å². The van der Waals surface area contributed by atoms with Gasteiger partial charge in [-0.15, -0.1) is 0 Å². The summed E-state index contributed by atoms with van der Waals surface area (Å²) in [6, 6.07) is 0. The summed E-state index contributed by atoms with van der Waals surface area (Å²) < 4.78 is 0. The predicted octanol–water partition coefficient (Wildman–Crippen LogP) is 2.53. The van der Waals surface area contributed by atoms with E-state index in [1.165, 1.54) is 0 Å². The van der Waals surface area contributed by atoms with Gasteiger partial charge in [0.05, 0.1) is 5.41 Å². The van der Waals surface area contributed by atoms with Crippen molar-refractivity contribution in [3.63, 3.8) is 0 Å². The van der Waals surface area contributed by atoms with Crippen molar-refractivity contribution in [1.29, 1.82) is 0 Å². The first kappa shape index (κ1) is 12.2. The molecule has 0 unspecified atom stereocenters. The Morgan fingerprint density at radius 3 is 1.70 bits per heavy atom. The predicted molar refractivity (Wildman–Crippen MR) is 43.1 cm³/mol. The van der Waals surface area contributed by atoms with Gasteiger partial charge in [-0.1, -0.05) is 21.3 Å². The van der Waals surface area contributed by atoms with E-state index in [2.05, 4.69) is 0 Å². The lowest BCUT2D eigenvalue weighted by atomic mass is 9.85. The molecule has 0 aromatic heterocycles. The van der Waals surface area contributed by atoms with Crippen LogP contribution in [0.1, 0.15) is 41.0 Å². The molecule has 0 atom stereocenters. The van der Waals surface area contributed by atoms with Crippen LogP contribution < -0.4 is 0 Å². The average molecular weight is 146 g/mol. The largest absolute Gasteiger partial charge is 0.481 e. The van der Waals surface area contributed by atoms with Gasteiger partial charge in [0, 0.05) is 0 Å². The summed E-state index contributed by atoms with van der Waals surface area (Å²) in [7, 11) is 0. The van der Waals surface area contributed by atoms with E-state index in [0.717, 1.165) is 0 Å². The molecule has 0 radical (unpaired) electrons. The van der Waals surface area contributed by atoms with E-state index < -0.39 is 11.4 Å². The van der Waals surface area contributed by atoms with Crippen LogP contribution in [-0.4, -0.2) is 11.1 Å². The van der Waals surface area contributed by atoms with Gasteiger partial charge >= 0.3 is 5.97 Å². The second-order valence-corrected chi connectivity index (χ2v) is 2.57. The van der Waals surface area contributed by atoms with Crippen molar-refractivity contribution >= 4 is 5.97 Å². The zero-order valence-corrected chi connectivity index (χ0v) is 6.27. The van der Waals surface area contributed by atoms with Crippen LogP contribution in [0.15, 0.2) is 0 Å². The molecule has 1 N–H and O–H groups in total. The summed E-state index contributed by atoms with van der Waals surface area (Å²) in [5, 5.41) is 8.63. The van der Waals surface area contributed by atoms with E-state index >= 15 is 0 Å². The van der Waals surface area contributed by atoms with Crippen LogP contribution in [0.2, 0.25) is 0 Å². The second-order valence-electron chi connectivity index (χ2n) is 2.57. The molecule has 0 fully saturated rings. The maximum Gasteiger partial charge on any atom is 0.309 e. The molecule has 0 aromatic rings. The van der Waals surface area contributed by atoms with Gasteiger partial charge in [0.1, 0.15) is 0 Å². The zero-order chi connectivity index (χ0) is 7.49. The fraction of sp³-hybridized carbons (Fsp3) is 0.875. The smallest absolute Gasteiger partial charge is 0.309 e. The Hall–Kier alpha value is -0.530. The highest BCUT2D eigenvalue weighted by Crippen LogP contribution is 2.24. The third kappa shape index (κ3) is 2.38. The molecule has 10 heavy (non-hydrogen) atoms. The molecular weight excluding hydrogens is 128 g/mol. The number of hydrogen-bond acceptors (Lipinski definition) is 1. The normalized spacial score (nSPS) is 10.3. The van der Waals surface area contributed by atoms with Crippen LogP contribution in [0.25, 0.3) is 0 Å². The fourth-order valence-corrected chi connectivity index (χ4v) is 0.552. The van der Waals surface area contributed by atoms with E-state index in [1.54, 1.807) is 6.92 Å². The Kier molecular flexibility index (Phi) is 5.25. The molecule has 0 spiro atoms. The van der Waals surface area contributed by atoms with Gasteiger partial charge in [-0.3, -0.25) is 4.79 Å². The minimum atomic E-state index is -0.687. The Morgan fingerprint density at radius 2 is 1.70 bits per heavy atom. The first-order valence-corrected chi connectivity index (χ1v) is 3.30. The van der Waals surface area contributed by atoms with Gasteiger partial charge in [-0.2, -0.15) is 0 Å². The average Bonchev–Trinajstić information content (AvgIpc) is 1.86. The molecule has 0 bridgehead atoms. The van der Waals surface area contributed by atoms with Crippen molar-refractivity contribution in [3.8, 4) is 0 Å². The van der Waals surface area contributed by atoms with Crippen molar-refractivity contribution in [3.05, 3.63) is 0 Å². The van der Waals surface area contributed by atoms with Crippen molar-refractivity contribution < 1.29 is 9.90 Å². The van der Waals surface area contributed by atoms with Crippen LogP contribution >= 0.6 is 0 Å². The van der Waals surface area contributed by atoms with Crippen molar-refractivity contribution in [2.75, 3.05) is 0 Å². The summed E-state index contributed by atoms with van der Waals surface area (Å²) in [6.07, 6.45) is 1.41. The molecule has 2 nitrogen and oxygen atoms in total. The van der Waals surface area contributed by atoms with E-state index in [4.69, 9.17) is 5.11 Å². The van der Waals surface area contributed by atoms with Crippen LogP contribution in [0.5, 0.6) is 0 Å². The standard InChI is InChI=1S/C7H14O2.CH4/c1-4-7(3,5-2)6(8)9;/h4-5H2,1-3H3,(H,8,9);1H4. The fourth-order valence-electron chi connectivity index (χ4n) is 0.552. The van der Waals surface area contributed by atoms with Crippen molar-refractivity contribution in [2.24, 2.45) is 5.41 Å². The summed E-state index contributed by atoms with van der Waals surface area (Å²) in [5.74, 6) is -0.687. The van der Waals surface area contributed by atoms with Gasteiger partial charge in [0.25, 0.3) is 0 Å². The van der Waals surface area contributed by atoms with Gasteiger partial charge in [0.15, 0.2) is 0 Å². The van der Waals surface area contributed by atoms with Crippen molar-refractivity contribution in [2.45, 2.75) is 41.0 Å². The maximum atomic E-state index is 10.5. The molecule has 0 amide bonds. The van der Waals surface area contributed by atoms with E-state index in [0.29, 0.717) is 12.8 Å². The summed E-state index contributed by atoms with van der Waals surface area (Å²) in [5.41, 5.74) is -0.500. The quantitative estimate of drug-likeness (QED) is 0.664. The zero-order valence-electron chi connectivity index (χ0n) is 6.27. The lowest BCUT2D eigenvalue weighted by Gasteiger charge is -2.19. The molecule has 62 valence electrons. The summed E-state index contributed by atoms with van der Waals surface area (Å²) >= 11 is 0. The van der Waals surface area contributed by atoms with Gasteiger partial charge in [-0.25, -0.2) is 0 Å². The number of carboxylic acid groups (broad SMARTS) is 1. The number of hydrogen-bond donors (Lipinski definition) is 1. The van der Waals surface area contributed by atoms with E-state index in [1.807, 2.05) is 13.8 Å². The summed E-state index contributed by atoms with van der Waals surface area (Å²) in [4.78, 5) is 10.5.